The highest BCUT2D eigenvalue weighted by atomic mass is 16.5. The molecule has 0 unspecified atom stereocenters. The molecule has 13 heterocycles. The highest BCUT2D eigenvalue weighted by molar-refractivity contribution is 6.08. The predicted octanol–water partition coefficient (Wildman–Crippen LogP) is 9.87. The van der Waals surface area contributed by atoms with Gasteiger partial charge in [0.1, 0.15) is 51.1 Å². The van der Waals surface area contributed by atoms with Gasteiger partial charge in [-0.25, -0.2) is 15.0 Å². The largest absolute Gasteiger partial charge is 0.378 e. The minimum absolute atomic E-state index is 0.0108. The molecular weight excluding hydrogens is 1170 g/mol. The molecule has 4 aliphatic rings. The molecule has 1 saturated carbocycles. The lowest BCUT2D eigenvalue weighted by Gasteiger charge is -2.29. The summed E-state index contributed by atoms with van der Waals surface area (Å²) in [6.07, 6.45) is 16.4. The van der Waals surface area contributed by atoms with E-state index in [2.05, 4.69) is 95.7 Å². The molecule has 10 aromatic heterocycles. The molecule has 3 aliphatic heterocycles. The summed E-state index contributed by atoms with van der Waals surface area (Å²) in [5.74, 6) is 2.62. The number of ether oxygens (including phenoxy) is 3. The fourth-order valence-electron chi connectivity index (χ4n) is 11.9. The summed E-state index contributed by atoms with van der Waals surface area (Å²) in [7, 11) is 3.53. The SMILES string of the molecule is CN(C)C(=O)c1ccccc1-c1cc(N2CCOCC2)nc2c(-c3ccn[nH]3)nccc12.Cc1ccncc1-c1cc(N2CCOCC2)nc2c(-c3ccn[nH]3)nccc12.O=C(NC1CC1)c1ccc(-c2cc(N3CCOCC3)nc3c(-c4ccn[nH]4)nccc23)cc1. The van der Waals surface area contributed by atoms with Crippen molar-refractivity contribution in [3.63, 3.8) is 0 Å². The number of pyridine rings is 7. The first kappa shape index (κ1) is 59.7. The van der Waals surface area contributed by atoms with Gasteiger partial charge in [-0.15, -0.1) is 0 Å². The van der Waals surface area contributed by atoms with Gasteiger partial charge in [-0.1, -0.05) is 30.3 Å². The zero-order chi connectivity index (χ0) is 63.2. The van der Waals surface area contributed by atoms with Crippen molar-refractivity contribution < 1.29 is 23.8 Å². The van der Waals surface area contributed by atoms with Crippen molar-refractivity contribution in [2.24, 2.45) is 0 Å². The number of fused-ring (bicyclic) bond motifs is 3. The monoisotopic (exact) mass is 1240 g/mol. The standard InChI is InChI=1S/C25H24N6O2.C24H24N6O2.C21H20N6O/c32-25(28-18-5-6-18)17-3-1-16(2-4-17)20-15-22(31-11-13-33-14-12-31)29-23-19(20)7-9-26-24(23)21-8-10-27-30-21;1-29(2)24(31)18-6-4-3-5-16(18)19-15-21(30-11-13-32-14-12-30)27-22-17(19)7-9-25-23(22)20-8-10-26-28-20;1-14-2-5-22-13-17(14)16-12-19(27-8-10-28-11-9-27)25-20-15(16)3-6-23-21(20)18-4-7-24-26-18/h1-4,7-10,15,18H,5-6,11-14H2,(H,27,30)(H,28,32);3-10,15H,11-14H2,1-2H3,(H,26,28);2-7,12-13H,8-11H2,1H3,(H,24,26). The van der Waals surface area contributed by atoms with Crippen LogP contribution >= 0.6 is 0 Å². The summed E-state index contributed by atoms with van der Waals surface area (Å²) in [6.45, 7) is 10.9. The van der Waals surface area contributed by atoms with Crippen molar-refractivity contribution >= 4 is 62.0 Å². The predicted molar refractivity (Wildman–Crippen MR) is 358 cm³/mol. The Hall–Kier alpha value is -10.9. The summed E-state index contributed by atoms with van der Waals surface area (Å²) in [4.78, 5) is 67.0. The van der Waals surface area contributed by atoms with Crippen LogP contribution in [0.2, 0.25) is 0 Å². The zero-order valence-corrected chi connectivity index (χ0v) is 51.8. The van der Waals surface area contributed by atoms with Gasteiger partial charge >= 0.3 is 0 Å². The molecule has 4 fully saturated rings. The maximum atomic E-state index is 13.0. The Morgan fingerprint density at radius 2 is 0.935 bits per heavy atom. The van der Waals surface area contributed by atoms with Gasteiger partial charge in [-0.3, -0.25) is 44.8 Å². The fraction of sp³-hybridized carbons (Fsp3) is 0.257. The maximum absolute atomic E-state index is 13.0. The average Bonchev–Trinajstić information content (AvgIpc) is 1.33. The topological polar surface area (TPSA) is 263 Å². The number of amides is 2. The lowest BCUT2D eigenvalue weighted by Crippen LogP contribution is -2.36. The van der Waals surface area contributed by atoms with E-state index in [1.807, 2.05) is 110 Å². The Kier molecular flexibility index (Phi) is 17.3. The third-order valence-corrected chi connectivity index (χ3v) is 17.0. The Labute approximate surface area is 535 Å². The van der Waals surface area contributed by atoms with Crippen LogP contribution in [0.1, 0.15) is 39.1 Å². The molecule has 23 heteroatoms. The van der Waals surface area contributed by atoms with Gasteiger partial charge in [0.2, 0.25) is 0 Å². The molecule has 1 aliphatic carbocycles. The first-order chi connectivity index (χ1) is 45.7. The fourth-order valence-corrected chi connectivity index (χ4v) is 11.9. The number of aromatic nitrogens is 13. The lowest BCUT2D eigenvalue weighted by molar-refractivity contribution is 0.0827. The minimum Gasteiger partial charge on any atom is -0.378 e. The van der Waals surface area contributed by atoms with Crippen molar-refractivity contribution in [3.05, 3.63) is 175 Å². The molecule has 16 rings (SSSR count). The van der Waals surface area contributed by atoms with Crippen LogP contribution in [0.3, 0.4) is 0 Å². The van der Waals surface area contributed by atoms with Crippen LogP contribution in [-0.4, -0.2) is 181 Å². The van der Waals surface area contributed by atoms with Gasteiger partial charge in [0.05, 0.1) is 56.7 Å². The molecule has 468 valence electrons. The summed E-state index contributed by atoms with van der Waals surface area (Å²) >= 11 is 0. The first-order valence-corrected chi connectivity index (χ1v) is 31.2. The number of anilines is 3. The van der Waals surface area contributed by atoms with Crippen molar-refractivity contribution in [1.82, 2.24) is 75.7 Å². The van der Waals surface area contributed by atoms with Crippen LogP contribution in [-0.2, 0) is 14.2 Å². The number of nitrogens with one attached hydrogen (secondary N) is 4. The molecule has 0 spiro atoms. The van der Waals surface area contributed by atoms with E-state index in [9.17, 15) is 9.59 Å². The number of morpholine rings is 3. The maximum Gasteiger partial charge on any atom is 0.253 e. The molecule has 93 heavy (non-hydrogen) atoms. The number of hydrogen-bond acceptors (Lipinski definition) is 18. The van der Waals surface area contributed by atoms with E-state index in [1.165, 1.54) is 5.56 Å². The van der Waals surface area contributed by atoms with Gasteiger partial charge < -0.3 is 39.1 Å². The second-order valence-electron chi connectivity index (χ2n) is 23.2. The molecular formula is C70H68N18O5. The molecule has 0 radical (unpaired) electrons. The average molecular weight is 1240 g/mol. The van der Waals surface area contributed by atoms with E-state index in [4.69, 9.17) is 29.2 Å². The number of H-pyrrole nitrogens is 3. The highest BCUT2D eigenvalue weighted by Gasteiger charge is 2.26. The van der Waals surface area contributed by atoms with Gasteiger partial charge in [-0.2, -0.15) is 15.3 Å². The second-order valence-corrected chi connectivity index (χ2v) is 23.2. The summed E-state index contributed by atoms with van der Waals surface area (Å²) < 4.78 is 16.6. The van der Waals surface area contributed by atoms with Crippen molar-refractivity contribution in [3.8, 4) is 67.5 Å². The number of nitrogens with zero attached hydrogens (tertiary/aromatic N) is 14. The normalized spacial score (nSPS) is 14.9. The van der Waals surface area contributed by atoms with E-state index >= 15 is 0 Å². The van der Waals surface area contributed by atoms with E-state index < -0.39 is 0 Å². The Balaban J connectivity index is 0.000000121. The van der Waals surface area contributed by atoms with Crippen LogP contribution in [0, 0.1) is 6.92 Å². The Morgan fingerprint density at radius 1 is 0.495 bits per heavy atom. The van der Waals surface area contributed by atoms with E-state index in [0.717, 1.165) is 170 Å². The summed E-state index contributed by atoms with van der Waals surface area (Å²) in [6, 6.07) is 35.9. The minimum atomic E-state index is -0.0404. The van der Waals surface area contributed by atoms with Crippen LogP contribution in [0.5, 0.6) is 0 Å². The number of carbonyl (C=O) groups excluding carboxylic acids is 2. The number of rotatable bonds is 12. The second kappa shape index (κ2) is 26.9. The number of aromatic amines is 3. The van der Waals surface area contributed by atoms with Gasteiger partial charge in [0, 0.05) is 142 Å². The number of aryl methyl sites for hydroxylation is 1. The molecule has 2 aromatic carbocycles. The summed E-state index contributed by atoms with van der Waals surface area (Å²) in [5, 5.41) is 27.3. The molecule has 23 nitrogen and oxygen atoms in total. The third-order valence-electron chi connectivity index (χ3n) is 17.0. The smallest absolute Gasteiger partial charge is 0.253 e. The van der Waals surface area contributed by atoms with Crippen molar-refractivity contribution in [1.29, 1.82) is 0 Å². The number of carbonyl (C=O) groups is 2. The lowest BCUT2D eigenvalue weighted by atomic mass is 9.95. The van der Waals surface area contributed by atoms with Gasteiger partial charge in [0.25, 0.3) is 11.8 Å². The van der Waals surface area contributed by atoms with Crippen LogP contribution in [0.15, 0.2) is 159 Å². The molecule has 0 atom stereocenters. The first-order valence-electron chi connectivity index (χ1n) is 31.2. The number of hydrogen-bond donors (Lipinski definition) is 4. The molecule has 12 aromatic rings. The molecule has 3 saturated heterocycles. The Bertz CT molecular complexity index is 4600. The molecule has 2 amide bonds. The van der Waals surface area contributed by atoms with Crippen molar-refractivity contribution in [2.45, 2.75) is 25.8 Å². The van der Waals surface area contributed by atoms with Crippen LogP contribution < -0.4 is 20.0 Å². The molecule has 0 bridgehead atoms. The number of benzene rings is 2. The van der Waals surface area contributed by atoms with Crippen LogP contribution in [0.4, 0.5) is 17.5 Å². The highest BCUT2D eigenvalue weighted by Crippen LogP contribution is 2.40. The van der Waals surface area contributed by atoms with Crippen LogP contribution in [0.25, 0.3) is 100 Å². The van der Waals surface area contributed by atoms with E-state index in [0.29, 0.717) is 56.8 Å². The quantitative estimate of drug-likeness (QED) is 0.0886. The Morgan fingerprint density at radius 3 is 1.37 bits per heavy atom. The van der Waals surface area contributed by atoms with Gasteiger partial charge in [-0.05, 0) is 132 Å². The third kappa shape index (κ3) is 12.8. The summed E-state index contributed by atoms with van der Waals surface area (Å²) in [5.41, 5.74) is 15.8. The van der Waals surface area contributed by atoms with Crippen molar-refractivity contribution in [2.75, 3.05) is 108 Å². The van der Waals surface area contributed by atoms with E-state index in [-0.39, 0.29) is 11.8 Å². The van der Waals surface area contributed by atoms with E-state index in [1.54, 1.807) is 50.0 Å². The molecule has 4 N–H and O–H groups in total. The van der Waals surface area contributed by atoms with Gasteiger partial charge in [0.15, 0.2) is 0 Å². The zero-order valence-electron chi connectivity index (χ0n) is 51.8.